The lowest BCUT2D eigenvalue weighted by atomic mass is 9.94. The van der Waals surface area contributed by atoms with Crippen molar-refractivity contribution < 1.29 is 9.84 Å². The zero-order chi connectivity index (χ0) is 15.1. The van der Waals surface area contributed by atoms with Gasteiger partial charge in [0.05, 0.1) is 0 Å². The summed E-state index contributed by atoms with van der Waals surface area (Å²) in [5, 5.41) is 10.2. The standard InChI is InChI=1S/C17H26BrNO2/c1-2-19(15-6-4-3-5-7-15)12-16(20)13-21-17-10-8-14(18)9-11-17/h8-11,15-16,20H,2-7,12-13H2,1H3/t16-/m1/s1. The molecule has 1 atom stereocenters. The second kappa shape index (κ2) is 8.76. The molecule has 0 spiro atoms. The number of halogens is 1. The summed E-state index contributed by atoms with van der Waals surface area (Å²) in [6.07, 6.45) is 6.13. The van der Waals surface area contributed by atoms with Crippen molar-refractivity contribution in [1.29, 1.82) is 0 Å². The third-order valence-electron chi connectivity index (χ3n) is 4.20. The molecule has 1 aliphatic carbocycles. The Hall–Kier alpha value is -0.580. The average molecular weight is 356 g/mol. The highest BCUT2D eigenvalue weighted by atomic mass is 79.9. The van der Waals surface area contributed by atoms with Gasteiger partial charge in [-0.1, -0.05) is 42.1 Å². The molecule has 21 heavy (non-hydrogen) atoms. The number of ether oxygens (including phenoxy) is 1. The molecule has 1 aromatic rings. The Balaban J connectivity index is 1.76. The van der Waals surface area contributed by atoms with E-state index in [1.807, 2.05) is 24.3 Å². The van der Waals surface area contributed by atoms with E-state index in [1.54, 1.807) is 0 Å². The number of rotatable bonds is 7. The van der Waals surface area contributed by atoms with Gasteiger partial charge in [-0.15, -0.1) is 0 Å². The van der Waals surface area contributed by atoms with Crippen LogP contribution in [0.25, 0.3) is 0 Å². The number of aliphatic hydroxyl groups excluding tert-OH is 1. The molecule has 0 heterocycles. The maximum atomic E-state index is 10.2. The van der Waals surface area contributed by atoms with Crippen molar-refractivity contribution in [2.45, 2.75) is 51.2 Å². The lowest BCUT2D eigenvalue weighted by Crippen LogP contribution is -2.43. The summed E-state index contributed by atoms with van der Waals surface area (Å²) in [6.45, 7) is 4.24. The van der Waals surface area contributed by atoms with Crippen molar-refractivity contribution in [3.05, 3.63) is 28.7 Å². The van der Waals surface area contributed by atoms with E-state index < -0.39 is 6.10 Å². The maximum Gasteiger partial charge on any atom is 0.119 e. The zero-order valence-corrected chi connectivity index (χ0v) is 14.4. The molecule has 0 aromatic heterocycles. The second-order valence-corrected chi connectivity index (χ2v) is 6.71. The van der Waals surface area contributed by atoms with Crippen LogP contribution in [0.4, 0.5) is 0 Å². The third kappa shape index (κ3) is 5.61. The Morgan fingerprint density at radius 3 is 2.52 bits per heavy atom. The Morgan fingerprint density at radius 1 is 1.24 bits per heavy atom. The molecule has 118 valence electrons. The van der Waals surface area contributed by atoms with E-state index in [4.69, 9.17) is 4.74 Å². The predicted octanol–water partition coefficient (Wildman–Crippen LogP) is 3.84. The van der Waals surface area contributed by atoms with Crippen LogP contribution >= 0.6 is 15.9 Å². The molecule has 4 heteroatoms. The van der Waals surface area contributed by atoms with E-state index >= 15 is 0 Å². The molecule has 1 fully saturated rings. The molecular formula is C17H26BrNO2. The minimum atomic E-state index is -0.435. The topological polar surface area (TPSA) is 32.7 Å². The van der Waals surface area contributed by atoms with Crippen LogP contribution < -0.4 is 4.74 Å². The molecule has 2 rings (SSSR count). The van der Waals surface area contributed by atoms with E-state index in [0.29, 0.717) is 19.2 Å². The highest BCUT2D eigenvalue weighted by Gasteiger charge is 2.22. The highest BCUT2D eigenvalue weighted by Crippen LogP contribution is 2.22. The largest absolute Gasteiger partial charge is 0.491 e. The van der Waals surface area contributed by atoms with Crippen LogP contribution in [0.5, 0.6) is 5.75 Å². The second-order valence-electron chi connectivity index (χ2n) is 5.80. The summed E-state index contributed by atoms with van der Waals surface area (Å²) in [5.74, 6) is 0.804. The van der Waals surface area contributed by atoms with Gasteiger partial charge in [0.2, 0.25) is 0 Å². The van der Waals surface area contributed by atoms with Gasteiger partial charge in [-0.05, 0) is 43.7 Å². The van der Waals surface area contributed by atoms with Crippen LogP contribution in [0.2, 0.25) is 0 Å². The van der Waals surface area contributed by atoms with Crippen molar-refractivity contribution >= 4 is 15.9 Å². The summed E-state index contributed by atoms with van der Waals surface area (Å²) in [7, 11) is 0. The average Bonchev–Trinajstić information content (AvgIpc) is 2.53. The molecule has 1 aliphatic rings. The van der Waals surface area contributed by atoms with Crippen molar-refractivity contribution in [3.63, 3.8) is 0 Å². The summed E-state index contributed by atoms with van der Waals surface area (Å²) < 4.78 is 6.69. The van der Waals surface area contributed by atoms with E-state index in [-0.39, 0.29) is 0 Å². The number of benzene rings is 1. The number of nitrogens with zero attached hydrogens (tertiary/aromatic N) is 1. The number of aliphatic hydroxyl groups is 1. The van der Waals surface area contributed by atoms with Crippen molar-refractivity contribution in [2.24, 2.45) is 0 Å². The Kier molecular flexibility index (Phi) is 7.00. The smallest absolute Gasteiger partial charge is 0.119 e. The first-order chi connectivity index (χ1) is 10.2. The summed E-state index contributed by atoms with van der Waals surface area (Å²) >= 11 is 3.40. The minimum absolute atomic E-state index is 0.352. The predicted molar refractivity (Wildman–Crippen MR) is 89.8 cm³/mol. The summed E-state index contributed by atoms with van der Waals surface area (Å²) in [5.41, 5.74) is 0. The quantitative estimate of drug-likeness (QED) is 0.806. The molecule has 0 radical (unpaired) electrons. The first-order valence-corrected chi connectivity index (χ1v) is 8.79. The van der Waals surface area contributed by atoms with Crippen LogP contribution in [0.1, 0.15) is 39.0 Å². The Labute approximate surface area is 136 Å². The van der Waals surface area contributed by atoms with E-state index in [0.717, 1.165) is 16.8 Å². The van der Waals surface area contributed by atoms with Gasteiger partial charge in [-0.25, -0.2) is 0 Å². The molecule has 1 N–H and O–H groups in total. The van der Waals surface area contributed by atoms with E-state index in [1.165, 1.54) is 32.1 Å². The fraction of sp³-hybridized carbons (Fsp3) is 0.647. The normalized spacial score (nSPS) is 17.9. The summed E-state index contributed by atoms with van der Waals surface area (Å²) in [4.78, 5) is 2.41. The van der Waals surface area contributed by atoms with E-state index in [2.05, 4.69) is 27.8 Å². The van der Waals surface area contributed by atoms with Crippen LogP contribution in [0.15, 0.2) is 28.7 Å². The molecule has 0 aliphatic heterocycles. The molecule has 0 bridgehead atoms. The molecule has 1 aromatic carbocycles. The lowest BCUT2D eigenvalue weighted by molar-refractivity contribution is 0.0463. The highest BCUT2D eigenvalue weighted by molar-refractivity contribution is 9.10. The summed E-state index contributed by atoms with van der Waals surface area (Å²) in [6, 6.07) is 8.36. The van der Waals surface area contributed by atoms with Crippen LogP contribution in [0, 0.1) is 0 Å². The van der Waals surface area contributed by atoms with Crippen molar-refractivity contribution in [3.8, 4) is 5.75 Å². The lowest BCUT2D eigenvalue weighted by Gasteiger charge is -2.34. The minimum Gasteiger partial charge on any atom is -0.491 e. The maximum absolute atomic E-state index is 10.2. The van der Waals surface area contributed by atoms with Crippen LogP contribution in [-0.2, 0) is 0 Å². The van der Waals surface area contributed by atoms with Crippen molar-refractivity contribution in [2.75, 3.05) is 19.7 Å². The molecule has 0 unspecified atom stereocenters. The van der Waals surface area contributed by atoms with Gasteiger partial charge >= 0.3 is 0 Å². The zero-order valence-electron chi connectivity index (χ0n) is 12.8. The van der Waals surface area contributed by atoms with Gasteiger partial charge in [-0.3, -0.25) is 4.90 Å². The van der Waals surface area contributed by atoms with Gasteiger partial charge in [0.1, 0.15) is 18.5 Å². The molecular weight excluding hydrogens is 330 g/mol. The van der Waals surface area contributed by atoms with Crippen LogP contribution in [0.3, 0.4) is 0 Å². The van der Waals surface area contributed by atoms with Crippen LogP contribution in [-0.4, -0.2) is 41.8 Å². The Morgan fingerprint density at radius 2 is 1.90 bits per heavy atom. The van der Waals surface area contributed by atoms with E-state index in [9.17, 15) is 5.11 Å². The number of hydrogen-bond acceptors (Lipinski definition) is 3. The Bertz CT molecular complexity index is 404. The van der Waals surface area contributed by atoms with Gasteiger partial charge < -0.3 is 9.84 Å². The molecule has 3 nitrogen and oxygen atoms in total. The van der Waals surface area contributed by atoms with Gasteiger partial charge in [0, 0.05) is 17.1 Å². The monoisotopic (exact) mass is 355 g/mol. The molecule has 0 saturated heterocycles. The van der Waals surface area contributed by atoms with Gasteiger partial charge in [0.25, 0.3) is 0 Å². The third-order valence-corrected chi connectivity index (χ3v) is 4.73. The van der Waals surface area contributed by atoms with Gasteiger partial charge in [0.15, 0.2) is 0 Å². The van der Waals surface area contributed by atoms with Crippen molar-refractivity contribution in [1.82, 2.24) is 4.90 Å². The SMILES string of the molecule is CCN(C[C@@H](O)COc1ccc(Br)cc1)C1CCCCC1. The first kappa shape index (κ1) is 16.8. The molecule has 0 amide bonds. The fourth-order valence-electron chi connectivity index (χ4n) is 3.03. The molecule has 1 saturated carbocycles. The number of likely N-dealkylation sites (N-methyl/N-ethyl adjacent to an activating group) is 1. The fourth-order valence-corrected chi connectivity index (χ4v) is 3.29. The number of hydrogen-bond donors (Lipinski definition) is 1. The first-order valence-electron chi connectivity index (χ1n) is 7.99. The van der Waals surface area contributed by atoms with Gasteiger partial charge in [-0.2, -0.15) is 0 Å².